The van der Waals surface area contributed by atoms with Crippen LogP contribution < -0.4 is 16.0 Å². The normalized spacial score (nSPS) is 15.7. The minimum Gasteiger partial charge on any atom is -0.349 e. The van der Waals surface area contributed by atoms with Crippen molar-refractivity contribution in [3.63, 3.8) is 0 Å². The molecule has 24 heavy (non-hydrogen) atoms. The Morgan fingerprint density at radius 3 is 2.33 bits per heavy atom. The van der Waals surface area contributed by atoms with E-state index in [0.717, 1.165) is 25.9 Å². The van der Waals surface area contributed by atoms with Crippen LogP contribution in [0.15, 0.2) is 42.5 Å². The van der Waals surface area contributed by atoms with Gasteiger partial charge in [0.25, 0.3) is 11.8 Å². The van der Waals surface area contributed by atoms with Crippen molar-refractivity contribution in [2.24, 2.45) is 0 Å². The molecule has 0 atom stereocenters. The Bertz CT molecular complexity index is 795. The maximum Gasteiger partial charge on any atom is 0.255 e. The first kappa shape index (κ1) is 14.9. The molecule has 1 aliphatic carbocycles. The fourth-order valence-electron chi connectivity index (χ4n) is 2.84. The third-order valence-electron chi connectivity index (χ3n) is 4.42. The van der Waals surface area contributed by atoms with Crippen LogP contribution in [-0.4, -0.2) is 17.9 Å². The highest BCUT2D eigenvalue weighted by Gasteiger charge is 2.23. The number of carbonyl (C=O) groups excluding carboxylic acids is 2. The Balaban J connectivity index is 1.42. The average Bonchev–Trinajstić information content (AvgIpc) is 3.28. The highest BCUT2D eigenvalue weighted by Crippen LogP contribution is 2.20. The minimum atomic E-state index is -0.139. The first-order chi connectivity index (χ1) is 11.7. The second kappa shape index (κ2) is 6.09. The molecule has 0 spiro atoms. The van der Waals surface area contributed by atoms with Crippen LogP contribution in [0.5, 0.6) is 0 Å². The van der Waals surface area contributed by atoms with Crippen molar-refractivity contribution in [3.8, 4) is 0 Å². The second-order valence-corrected chi connectivity index (χ2v) is 6.37. The van der Waals surface area contributed by atoms with Gasteiger partial charge >= 0.3 is 0 Å². The van der Waals surface area contributed by atoms with Gasteiger partial charge in [0.15, 0.2) is 0 Å². The number of nitrogens with one attached hydrogen (secondary N) is 3. The summed E-state index contributed by atoms with van der Waals surface area (Å²) < 4.78 is 0. The molecule has 2 aliphatic rings. The number of fused-ring (bicyclic) bond motifs is 1. The quantitative estimate of drug-likeness (QED) is 0.810. The van der Waals surface area contributed by atoms with E-state index >= 15 is 0 Å². The molecule has 2 aromatic carbocycles. The number of anilines is 1. The lowest BCUT2D eigenvalue weighted by molar-refractivity contribution is 0.0950. The van der Waals surface area contributed by atoms with Gasteiger partial charge in [-0.15, -0.1) is 0 Å². The lowest BCUT2D eigenvalue weighted by Crippen LogP contribution is -2.25. The molecule has 2 aromatic rings. The molecule has 0 unspecified atom stereocenters. The molecule has 1 aliphatic heterocycles. The van der Waals surface area contributed by atoms with Crippen LogP contribution in [0.4, 0.5) is 5.69 Å². The topological polar surface area (TPSA) is 70.2 Å². The van der Waals surface area contributed by atoms with Gasteiger partial charge in [-0.1, -0.05) is 6.07 Å². The molecule has 0 aromatic heterocycles. The second-order valence-electron chi connectivity index (χ2n) is 6.37. The van der Waals surface area contributed by atoms with E-state index in [2.05, 4.69) is 16.0 Å². The fourth-order valence-corrected chi connectivity index (χ4v) is 2.84. The molecule has 1 heterocycles. The Morgan fingerprint density at radius 2 is 1.58 bits per heavy atom. The van der Waals surface area contributed by atoms with Crippen molar-refractivity contribution in [1.29, 1.82) is 0 Å². The fraction of sp³-hybridized carbons (Fsp3) is 0.263. The average molecular weight is 321 g/mol. The molecule has 5 heteroatoms. The predicted molar refractivity (Wildman–Crippen MR) is 91.9 cm³/mol. The minimum absolute atomic E-state index is 0.0542. The van der Waals surface area contributed by atoms with Crippen LogP contribution in [0.1, 0.15) is 44.7 Å². The zero-order valence-electron chi connectivity index (χ0n) is 13.3. The van der Waals surface area contributed by atoms with E-state index in [1.54, 1.807) is 24.3 Å². The molecular formula is C19H19N3O2. The molecule has 122 valence electrons. The largest absolute Gasteiger partial charge is 0.349 e. The summed E-state index contributed by atoms with van der Waals surface area (Å²) in [4.78, 5) is 24.3. The molecule has 0 bridgehead atoms. The van der Waals surface area contributed by atoms with Crippen LogP contribution in [0.2, 0.25) is 0 Å². The number of benzene rings is 2. The summed E-state index contributed by atoms with van der Waals surface area (Å²) in [6, 6.07) is 13.1. The SMILES string of the molecule is O=C(Nc1ccc(C(=O)NC2CC2)cc1)c1ccc2c(c1)CNC2. The smallest absolute Gasteiger partial charge is 0.255 e. The highest BCUT2D eigenvalue weighted by molar-refractivity contribution is 6.04. The zero-order chi connectivity index (χ0) is 16.5. The summed E-state index contributed by atoms with van der Waals surface area (Å²) in [6.45, 7) is 1.67. The van der Waals surface area contributed by atoms with Crippen LogP contribution in [0.3, 0.4) is 0 Å². The number of hydrogen-bond donors (Lipinski definition) is 3. The Kier molecular flexibility index (Phi) is 3.78. The zero-order valence-corrected chi connectivity index (χ0v) is 13.3. The summed E-state index contributed by atoms with van der Waals surface area (Å²) in [5, 5.41) is 9.09. The van der Waals surface area contributed by atoms with Crippen LogP contribution in [-0.2, 0) is 13.1 Å². The number of hydrogen-bond acceptors (Lipinski definition) is 3. The summed E-state index contributed by atoms with van der Waals surface area (Å²) >= 11 is 0. The molecule has 0 saturated heterocycles. The maximum atomic E-state index is 12.4. The molecule has 0 radical (unpaired) electrons. The van der Waals surface area contributed by atoms with E-state index in [1.807, 2.05) is 18.2 Å². The van der Waals surface area contributed by atoms with Crippen molar-refractivity contribution in [2.75, 3.05) is 5.32 Å². The lowest BCUT2D eigenvalue weighted by Gasteiger charge is -2.08. The standard InChI is InChI=1S/C19H19N3O2/c23-18(21-17-7-8-17)12-3-5-16(6-4-12)22-19(24)13-1-2-14-10-20-11-15(14)9-13/h1-6,9,17,20H,7-8,10-11H2,(H,21,23)(H,22,24). The molecule has 2 amide bonds. The van der Waals surface area contributed by atoms with Crippen molar-refractivity contribution in [3.05, 3.63) is 64.7 Å². The number of carbonyl (C=O) groups is 2. The lowest BCUT2D eigenvalue weighted by atomic mass is 10.1. The van der Waals surface area contributed by atoms with Crippen molar-refractivity contribution in [2.45, 2.75) is 32.0 Å². The summed E-state index contributed by atoms with van der Waals surface area (Å²) in [7, 11) is 0. The van der Waals surface area contributed by atoms with Crippen LogP contribution in [0.25, 0.3) is 0 Å². The van der Waals surface area contributed by atoms with Gasteiger partial charge in [0, 0.05) is 35.9 Å². The van der Waals surface area contributed by atoms with Crippen LogP contribution in [0, 0.1) is 0 Å². The van der Waals surface area contributed by atoms with E-state index < -0.39 is 0 Å². The number of rotatable bonds is 4. The third kappa shape index (κ3) is 3.16. The van der Waals surface area contributed by atoms with E-state index in [0.29, 0.717) is 22.9 Å². The van der Waals surface area contributed by atoms with E-state index in [9.17, 15) is 9.59 Å². The monoisotopic (exact) mass is 321 g/mol. The van der Waals surface area contributed by atoms with Crippen molar-refractivity contribution < 1.29 is 9.59 Å². The Labute approximate surface area is 140 Å². The maximum absolute atomic E-state index is 12.4. The van der Waals surface area contributed by atoms with E-state index in [-0.39, 0.29) is 11.8 Å². The molecule has 3 N–H and O–H groups in total. The van der Waals surface area contributed by atoms with Gasteiger partial charge in [0.2, 0.25) is 0 Å². The highest BCUT2D eigenvalue weighted by atomic mass is 16.2. The molecule has 1 fully saturated rings. The molecule has 4 rings (SSSR count). The van der Waals surface area contributed by atoms with Crippen molar-refractivity contribution >= 4 is 17.5 Å². The van der Waals surface area contributed by atoms with E-state index in [4.69, 9.17) is 0 Å². The summed E-state index contributed by atoms with van der Waals surface area (Å²) in [5.41, 5.74) is 4.37. The summed E-state index contributed by atoms with van der Waals surface area (Å²) in [5.74, 6) is -0.193. The van der Waals surface area contributed by atoms with Gasteiger partial charge in [-0.3, -0.25) is 9.59 Å². The molecule has 1 saturated carbocycles. The van der Waals surface area contributed by atoms with Crippen molar-refractivity contribution in [1.82, 2.24) is 10.6 Å². The van der Waals surface area contributed by atoms with Crippen LogP contribution >= 0.6 is 0 Å². The third-order valence-corrected chi connectivity index (χ3v) is 4.42. The summed E-state index contributed by atoms with van der Waals surface area (Å²) in [6.07, 6.45) is 2.13. The van der Waals surface area contributed by atoms with Gasteiger partial charge in [0.1, 0.15) is 0 Å². The Hall–Kier alpha value is -2.66. The first-order valence-electron chi connectivity index (χ1n) is 8.24. The van der Waals surface area contributed by atoms with E-state index in [1.165, 1.54) is 11.1 Å². The van der Waals surface area contributed by atoms with Gasteiger partial charge in [-0.2, -0.15) is 0 Å². The number of amides is 2. The van der Waals surface area contributed by atoms with Gasteiger partial charge in [0.05, 0.1) is 0 Å². The first-order valence-corrected chi connectivity index (χ1v) is 8.24. The predicted octanol–water partition coefficient (Wildman–Crippen LogP) is 2.43. The Morgan fingerprint density at radius 1 is 0.875 bits per heavy atom. The van der Waals surface area contributed by atoms with Gasteiger partial charge < -0.3 is 16.0 Å². The molecular weight excluding hydrogens is 302 g/mol. The van der Waals surface area contributed by atoms with Gasteiger partial charge in [-0.25, -0.2) is 0 Å². The van der Waals surface area contributed by atoms with Gasteiger partial charge in [-0.05, 0) is 60.4 Å². The molecule has 5 nitrogen and oxygen atoms in total.